The Kier molecular flexibility index (Phi) is 4.00. The van der Waals surface area contributed by atoms with E-state index in [1.807, 2.05) is 0 Å². The van der Waals surface area contributed by atoms with E-state index in [0.717, 1.165) is 5.69 Å². The van der Waals surface area contributed by atoms with E-state index in [0.29, 0.717) is 16.5 Å². The highest BCUT2D eigenvalue weighted by Gasteiger charge is 2.08. The van der Waals surface area contributed by atoms with Crippen molar-refractivity contribution in [3.63, 3.8) is 0 Å². The van der Waals surface area contributed by atoms with Crippen LogP contribution >= 0.6 is 11.6 Å². The fourth-order valence-electron chi connectivity index (χ4n) is 1.75. The molecule has 0 amide bonds. The Labute approximate surface area is 120 Å². The van der Waals surface area contributed by atoms with E-state index >= 15 is 0 Å². The van der Waals surface area contributed by atoms with Gasteiger partial charge in [-0.15, -0.1) is 0 Å². The molecule has 0 unspecified atom stereocenters. The van der Waals surface area contributed by atoms with E-state index < -0.39 is 5.97 Å². The zero-order chi connectivity index (χ0) is 14.7. The number of hydrogen-bond donors (Lipinski definition) is 3. The molecule has 0 fully saturated rings. The standard InChI is InChI=1S/C14H13ClN2O3/c1-20-13-5-3-8(6-11(13)15)17-9-2-4-10(14(18)19)12(16)7-9/h2-7,17H,16H2,1H3,(H,18,19). The Bertz CT molecular complexity index is 659. The topological polar surface area (TPSA) is 84.6 Å². The molecule has 20 heavy (non-hydrogen) atoms. The van der Waals surface area contributed by atoms with Crippen LogP contribution in [0.5, 0.6) is 5.75 Å². The first-order valence-electron chi connectivity index (χ1n) is 5.74. The molecule has 2 aromatic carbocycles. The van der Waals surface area contributed by atoms with Crippen molar-refractivity contribution in [2.75, 3.05) is 18.2 Å². The monoisotopic (exact) mass is 292 g/mol. The number of methoxy groups -OCH3 is 1. The minimum atomic E-state index is -1.05. The van der Waals surface area contributed by atoms with E-state index in [9.17, 15) is 4.79 Å². The zero-order valence-corrected chi connectivity index (χ0v) is 11.4. The van der Waals surface area contributed by atoms with Crippen LogP contribution in [0.3, 0.4) is 0 Å². The molecule has 0 aliphatic rings. The Balaban J connectivity index is 2.24. The van der Waals surface area contributed by atoms with E-state index in [-0.39, 0.29) is 11.3 Å². The predicted molar refractivity (Wildman–Crippen MR) is 79.1 cm³/mol. The maximum atomic E-state index is 10.9. The molecule has 104 valence electrons. The fourth-order valence-corrected chi connectivity index (χ4v) is 2.00. The molecule has 2 aromatic rings. The summed E-state index contributed by atoms with van der Waals surface area (Å²) in [5, 5.41) is 12.5. The van der Waals surface area contributed by atoms with Gasteiger partial charge in [0.05, 0.1) is 17.7 Å². The van der Waals surface area contributed by atoms with Crippen LogP contribution in [0.2, 0.25) is 5.02 Å². The summed E-state index contributed by atoms with van der Waals surface area (Å²) < 4.78 is 5.07. The number of carboxylic acids is 1. The lowest BCUT2D eigenvalue weighted by Gasteiger charge is -2.10. The Morgan fingerprint density at radius 3 is 2.45 bits per heavy atom. The molecule has 0 atom stereocenters. The molecule has 0 aromatic heterocycles. The highest BCUT2D eigenvalue weighted by atomic mass is 35.5. The zero-order valence-electron chi connectivity index (χ0n) is 10.7. The van der Waals surface area contributed by atoms with Gasteiger partial charge in [0.25, 0.3) is 0 Å². The second-order valence-corrected chi connectivity index (χ2v) is 4.49. The van der Waals surface area contributed by atoms with Crippen LogP contribution in [0.25, 0.3) is 0 Å². The molecule has 0 saturated heterocycles. The molecule has 0 bridgehead atoms. The van der Waals surface area contributed by atoms with E-state index in [1.165, 1.54) is 6.07 Å². The van der Waals surface area contributed by atoms with Gasteiger partial charge in [-0.05, 0) is 36.4 Å². The second kappa shape index (κ2) is 5.71. The van der Waals surface area contributed by atoms with E-state index in [2.05, 4.69) is 5.32 Å². The lowest BCUT2D eigenvalue weighted by molar-refractivity contribution is 0.0698. The number of aromatic carboxylic acids is 1. The van der Waals surface area contributed by atoms with E-state index in [4.69, 9.17) is 27.2 Å². The summed E-state index contributed by atoms with van der Waals surface area (Å²) in [4.78, 5) is 10.9. The molecule has 0 radical (unpaired) electrons. The number of nitrogens with two attached hydrogens (primary N) is 1. The van der Waals surface area contributed by atoms with Crippen molar-refractivity contribution < 1.29 is 14.6 Å². The number of anilines is 3. The lowest BCUT2D eigenvalue weighted by Crippen LogP contribution is -2.03. The smallest absolute Gasteiger partial charge is 0.337 e. The van der Waals surface area contributed by atoms with Gasteiger partial charge in [0.15, 0.2) is 0 Å². The van der Waals surface area contributed by atoms with Crippen LogP contribution in [0.1, 0.15) is 10.4 Å². The Morgan fingerprint density at radius 1 is 1.25 bits per heavy atom. The van der Waals surface area contributed by atoms with Crippen molar-refractivity contribution in [3.8, 4) is 5.75 Å². The van der Waals surface area contributed by atoms with Crippen molar-refractivity contribution in [1.29, 1.82) is 0 Å². The number of hydrogen-bond acceptors (Lipinski definition) is 4. The minimum Gasteiger partial charge on any atom is -0.495 e. The van der Waals surface area contributed by atoms with Gasteiger partial charge in [-0.2, -0.15) is 0 Å². The number of carboxylic acid groups (broad SMARTS) is 1. The quantitative estimate of drug-likeness (QED) is 0.752. The average Bonchev–Trinajstić information content (AvgIpc) is 2.38. The molecule has 4 N–H and O–H groups in total. The van der Waals surface area contributed by atoms with Crippen LogP contribution in [-0.4, -0.2) is 18.2 Å². The van der Waals surface area contributed by atoms with Gasteiger partial charge in [0.1, 0.15) is 5.75 Å². The molecule has 5 nitrogen and oxygen atoms in total. The summed E-state index contributed by atoms with van der Waals surface area (Å²) in [7, 11) is 1.54. The lowest BCUT2D eigenvalue weighted by atomic mass is 10.1. The summed E-state index contributed by atoms with van der Waals surface area (Å²) in [5.74, 6) is -0.473. The number of ether oxygens (including phenoxy) is 1. The number of rotatable bonds is 4. The molecule has 0 aliphatic carbocycles. The Hall–Kier alpha value is -2.40. The van der Waals surface area contributed by atoms with Crippen LogP contribution < -0.4 is 15.8 Å². The van der Waals surface area contributed by atoms with E-state index in [1.54, 1.807) is 37.4 Å². The first-order valence-corrected chi connectivity index (χ1v) is 6.12. The maximum absolute atomic E-state index is 10.9. The van der Waals surface area contributed by atoms with Crippen LogP contribution in [0.15, 0.2) is 36.4 Å². The molecule has 0 heterocycles. The van der Waals surface area contributed by atoms with Crippen LogP contribution in [0.4, 0.5) is 17.1 Å². The summed E-state index contributed by atoms with van der Waals surface area (Å²) in [6.07, 6.45) is 0. The summed E-state index contributed by atoms with van der Waals surface area (Å²) in [5.41, 5.74) is 7.38. The van der Waals surface area contributed by atoms with Crippen molar-refractivity contribution >= 4 is 34.6 Å². The molecular formula is C14H13ClN2O3. The largest absolute Gasteiger partial charge is 0.495 e. The average molecular weight is 293 g/mol. The van der Waals surface area contributed by atoms with Crippen molar-refractivity contribution in [3.05, 3.63) is 47.0 Å². The van der Waals surface area contributed by atoms with Crippen molar-refractivity contribution in [1.82, 2.24) is 0 Å². The first kappa shape index (κ1) is 14.0. The highest BCUT2D eigenvalue weighted by molar-refractivity contribution is 6.32. The summed E-state index contributed by atoms with van der Waals surface area (Å²) in [6, 6.07) is 9.89. The third-order valence-corrected chi connectivity index (χ3v) is 3.02. The normalized spacial score (nSPS) is 10.1. The first-order chi connectivity index (χ1) is 9.51. The van der Waals surface area contributed by atoms with Gasteiger partial charge in [0, 0.05) is 17.1 Å². The van der Waals surface area contributed by atoms with Gasteiger partial charge in [-0.3, -0.25) is 0 Å². The molecule has 6 heteroatoms. The van der Waals surface area contributed by atoms with Gasteiger partial charge in [0.2, 0.25) is 0 Å². The third-order valence-electron chi connectivity index (χ3n) is 2.72. The number of benzene rings is 2. The van der Waals surface area contributed by atoms with Gasteiger partial charge in [-0.1, -0.05) is 11.6 Å². The number of nitrogen functional groups attached to an aromatic ring is 1. The number of nitrogens with one attached hydrogen (secondary N) is 1. The maximum Gasteiger partial charge on any atom is 0.337 e. The van der Waals surface area contributed by atoms with Crippen LogP contribution in [-0.2, 0) is 0 Å². The molecular weight excluding hydrogens is 280 g/mol. The predicted octanol–water partition coefficient (Wildman–Crippen LogP) is 3.37. The Morgan fingerprint density at radius 2 is 1.90 bits per heavy atom. The molecule has 2 rings (SSSR count). The van der Waals surface area contributed by atoms with Gasteiger partial charge >= 0.3 is 5.97 Å². The molecule has 0 aliphatic heterocycles. The summed E-state index contributed by atoms with van der Waals surface area (Å²) in [6.45, 7) is 0. The summed E-state index contributed by atoms with van der Waals surface area (Å²) >= 11 is 6.03. The van der Waals surface area contributed by atoms with Gasteiger partial charge in [-0.25, -0.2) is 4.79 Å². The minimum absolute atomic E-state index is 0.0725. The third kappa shape index (κ3) is 2.95. The van der Waals surface area contributed by atoms with Gasteiger partial charge < -0.3 is 20.9 Å². The molecule has 0 saturated carbocycles. The van der Waals surface area contributed by atoms with Crippen LogP contribution in [0, 0.1) is 0 Å². The second-order valence-electron chi connectivity index (χ2n) is 4.08. The SMILES string of the molecule is COc1ccc(Nc2ccc(C(=O)O)c(N)c2)cc1Cl. The van der Waals surface area contributed by atoms with Crippen molar-refractivity contribution in [2.45, 2.75) is 0 Å². The molecule has 0 spiro atoms. The number of halogens is 1. The highest BCUT2D eigenvalue weighted by Crippen LogP contribution is 2.29. The number of carbonyl (C=O) groups is 1. The fraction of sp³-hybridized carbons (Fsp3) is 0.0714. The van der Waals surface area contributed by atoms with Crippen molar-refractivity contribution in [2.24, 2.45) is 0 Å².